The molecule has 0 N–H and O–H groups in total. The summed E-state index contributed by atoms with van der Waals surface area (Å²) in [7, 11) is 0. The average Bonchev–Trinajstić information content (AvgIpc) is 3.45. The Labute approximate surface area is 195 Å². The highest BCUT2D eigenvalue weighted by molar-refractivity contribution is 5.89. The fourth-order valence-corrected chi connectivity index (χ4v) is 5.17. The van der Waals surface area contributed by atoms with Crippen LogP contribution in [0.2, 0.25) is 0 Å². The molecule has 0 amide bonds. The van der Waals surface area contributed by atoms with Gasteiger partial charge < -0.3 is 4.74 Å². The lowest BCUT2D eigenvalue weighted by molar-refractivity contribution is 0.0515. The SMILES string of the molecule is CCOC(=O)c1nn(Cc2ccccc2)c2c1CN(C1CCN(Cc3ccccc3)C1)CC2. The first-order valence-corrected chi connectivity index (χ1v) is 12.0. The Kier molecular flexibility index (Phi) is 6.55. The van der Waals surface area contributed by atoms with Crippen molar-refractivity contribution in [1.82, 2.24) is 19.6 Å². The minimum Gasteiger partial charge on any atom is -0.461 e. The molecule has 1 atom stereocenters. The van der Waals surface area contributed by atoms with E-state index in [1.807, 2.05) is 29.8 Å². The van der Waals surface area contributed by atoms with E-state index in [2.05, 4.69) is 52.3 Å². The molecule has 0 bridgehead atoms. The predicted molar refractivity (Wildman–Crippen MR) is 128 cm³/mol. The van der Waals surface area contributed by atoms with E-state index in [-0.39, 0.29) is 5.97 Å². The van der Waals surface area contributed by atoms with E-state index in [9.17, 15) is 4.79 Å². The van der Waals surface area contributed by atoms with Gasteiger partial charge in [0.2, 0.25) is 0 Å². The summed E-state index contributed by atoms with van der Waals surface area (Å²) in [6.45, 7) is 7.83. The summed E-state index contributed by atoms with van der Waals surface area (Å²) < 4.78 is 7.38. The molecular formula is C27H32N4O2. The van der Waals surface area contributed by atoms with E-state index in [1.165, 1.54) is 16.8 Å². The molecule has 1 saturated heterocycles. The molecule has 172 valence electrons. The summed E-state index contributed by atoms with van der Waals surface area (Å²) in [4.78, 5) is 17.8. The van der Waals surface area contributed by atoms with Crippen molar-refractivity contribution in [2.75, 3.05) is 26.2 Å². The number of fused-ring (bicyclic) bond motifs is 1. The molecular weight excluding hydrogens is 412 g/mol. The number of hydrogen-bond acceptors (Lipinski definition) is 5. The van der Waals surface area contributed by atoms with Gasteiger partial charge in [0, 0.05) is 56.4 Å². The molecule has 0 aliphatic carbocycles. The number of esters is 1. The molecule has 1 unspecified atom stereocenters. The Morgan fingerprint density at radius 1 is 1.00 bits per heavy atom. The van der Waals surface area contributed by atoms with Gasteiger partial charge in [-0.15, -0.1) is 0 Å². The molecule has 3 heterocycles. The van der Waals surface area contributed by atoms with Crippen LogP contribution in [0.5, 0.6) is 0 Å². The van der Waals surface area contributed by atoms with Crippen LogP contribution in [0.1, 0.15) is 46.2 Å². The Morgan fingerprint density at radius 3 is 2.39 bits per heavy atom. The van der Waals surface area contributed by atoms with Crippen molar-refractivity contribution in [2.24, 2.45) is 0 Å². The largest absolute Gasteiger partial charge is 0.461 e. The molecule has 0 saturated carbocycles. The zero-order chi connectivity index (χ0) is 22.6. The maximum absolute atomic E-state index is 12.7. The highest BCUT2D eigenvalue weighted by Crippen LogP contribution is 2.28. The molecule has 0 spiro atoms. The summed E-state index contributed by atoms with van der Waals surface area (Å²) in [6.07, 6.45) is 2.07. The van der Waals surface area contributed by atoms with Crippen LogP contribution in [0.25, 0.3) is 0 Å². The second-order valence-electron chi connectivity index (χ2n) is 9.02. The lowest BCUT2D eigenvalue weighted by atomic mass is 10.0. The molecule has 1 fully saturated rings. The standard InChI is InChI=1S/C27H32N4O2/c1-2-33-27(32)26-24-20-30(23-13-15-29(19-23)17-21-9-5-3-6-10-21)16-14-25(24)31(28-26)18-22-11-7-4-8-12-22/h3-12,23H,2,13-20H2,1H3. The Balaban J connectivity index is 1.32. The molecule has 3 aromatic rings. The maximum Gasteiger partial charge on any atom is 0.359 e. The first-order valence-electron chi connectivity index (χ1n) is 12.0. The molecule has 1 aromatic heterocycles. The van der Waals surface area contributed by atoms with Crippen molar-refractivity contribution in [3.05, 3.63) is 88.7 Å². The number of ether oxygens (including phenoxy) is 1. The van der Waals surface area contributed by atoms with Crippen molar-refractivity contribution in [3.8, 4) is 0 Å². The summed E-state index contributed by atoms with van der Waals surface area (Å²) in [6, 6.07) is 21.5. The highest BCUT2D eigenvalue weighted by Gasteiger charge is 2.34. The number of rotatable bonds is 7. The van der Waals surface area contributed by atoms with Crippen LogP contribution in [0.3, 0.4) is 0 Å². The number of benzene rings is 2. The number of carbonyl (C=O) groups excluding carboxylic acids is 1. The van der Waals surface area contributed by atoms with Gasteiger partial charge in [0.25, 0.3) is 0 Å². The van der Waals surface area contributed by atoms with Gasteiger partial charge in [0.1, 0.15) is 0 Å². The van der Waals surface area contributed by atoms with E-state index in [0.717, 1.165) is 51.1 Å². The molecule has 6 heteroatoms. The van der Waals surface area contributed by atoms with E-state index < -0.39 is 0 Å². The third kappa shape index (κ3) is 4.87. The fourth-order valence-electron chi connectivity index (χ4n) is 5.17. The van der Waals surface area contributed by atoms with Gasteiger partial charge in [-0.1, -0.05) is 60.7 Å². The van der Waals surface area contributed by atoms with E-state index in [0.29, 0.717) is 24.9 Å². The van der Waals surface area contributed by atoms with Crippen LogP contribution in [-0.4, -0.2) is 57.8 Å². The lowest BCUT2D eigenvalue weighted by Gasteiger charge is -2.33. The van der Waals surface area contributed by atoms with Crippen LogP contribution in [-0.2, 0) is 30.8 Å². The Morgan fingerprint density at radius 2 is 1.70 bits per heavy atom. The van der Waals surface area contributed by atoms with Gasteiger partial charge in [-0.05, 0) is 24.5 Å². The second kappa shape index (κ2) is 9.89. The van der Waals surface area contributed by atoms with Gasteiger partial charge in [0.05, 0.1) is 13.2 Å². The van der Waals surface area contributed by atoms with Crippen LogP contribution in [0.15, 0.2) is 60.7 Å². The minimum absolute atomic E-state index is 0.306. The third-order valence-corrected chi connectivity index (χ3v) is 6.82. The van der Waals surface area contributed by atoms with Crippen LogP contribution >= 0.6 is 0 Å². The van der Waals surface area contributed by atoms with Crippen LogP contribution in [0, 0.1) is 0 Å². The Bertz CT molecular complexity index is 1080. The van der Waals surface area contributed by atoms with Crippen molar-refractivity contribution in [3.63, 3.8) is 0 Å². The Hall–Kier alpha value is -2.96. The highest BCUT2D eigenvalue weighted by atomic mass is 16.5. The number of aromatic nitrogens is 2. The summed E-state index contributed by atoms with van der Waals surface area (Å²) in [5.41, 5.74) is 5.28. The number of likely N-dealkylation sites (tertiary alicyclic amines) is 1. The first kappa shape index (κ1) is 21.9. The van der Waals surface area contributed by atoms with Gasteiger partial charge in [-0.25, -0.2) is 4.79 Å². The molecule has 2 aliphatic rings. The summed E-state index contributed by atoms with van der Waals surface area (Å²) in [5, 5.41) is 4.74. The number of nitrogens with zero attached hydrogens (tertiary/aromatic N) is 4. The first-order chi connectivity index (χ1) is 16.2. The quantitative estimate of drug-likeness (QED) is 0.520. The van der Waals surface area contributed by atoms with Crippen LogP contribution < -0.4 is 0 Å². The molecule has 2 aliphatic heterocycles. The summed E-state index contributed by atoms with van der Waals surface area (Å²) >= 11 is 0. The lowest BCUT2D eigenvalue weighted by Crippen LogP contribution is -2.41. The molecule has 6 nitrogen and oxygen atoms in total. The van der Waals surface area contributed by atoms with Crippen molar-refractivity contribution >= 4 is 5.97 Å². The molecule has 5 rings (SSSR count). The smallest absolute Gasteiger partial charge is 0.359 e. The van der Waals surface area contributed by atoms with Gasteiger partial charge in [-0.2, -0.15) is 5.10 Å². The van der Waals surface area contributed by atoms with Crippen LogP contribution in [0.4, 0.5) is 0 Å². The monoisotopic (exact) mass is 444 g/mol. The van der Waals surface area contributed by atoms with E-state index >= 15 is 0 Å². The zero-order valence-corrected chi connectivity index (χ0v) is 19.3. The normalized spacial score (nSPS) is 18.9. The molecule has 2 aromatic carbocycles. The van der Waals surface area contributed by atoms with E-state index in [4.69, 9.17) is 9.84 Å². The van der Waals surface area contributed by atoms with Gasteiger partial charge >= 0.3 is 5.97 Å². The van der Waals surface area contributed by atoms with Crippen molar-refractivity contribution < 1.29 is 9.53 Å². The molecule has 33 heavy (non-hydrogen) atoms. The van der Waals surface area contributed by atoms with Gasteiger partial charge in [-0.3, -0.25) is 14.5 Å². The second-order valence-corrected chi connectivity index (χ2v) is 9.02. The van der Waals surface area contributed by atoms with Crippen molar-refractivity contribution in [1.29, 1.82) is 0 Å². The average molecular weight is 445 g/mol. The fraction of sp³-hybridized carbons (Fsp3) is 0.407. The minimum atomic E-state index is -0.306. The zero-order valence-electron chi connectivity index (χ0n) is 19.3. The topological polar surface area (TPSA) is 50.6 Å². The van der Waals surface area contributed by atoms with Gasteiger partial charge in [0.15, 0.2) is 5.69 Å². The van der Waals surface area contributed by atoms with E-state index in [1.54, 1.807) is 0 Å². The molecule has 0 radical (unpaired) electrons. The third-order valence-electron chi connectivity index (χ3n) is 6.82. The van der Waals surface area contributed by atoms with Crippen molar-refractivity contribution in [2.45, 2.75) is 45.4 Å². The number of hydrogen-bond donors (Lipinski definition) is 0. The summed E-state index contributed by atoms with van der Waals surface area (Å²) in [5.74, 6) is -0.306. The number of carbonyl (C=O) groups is 1. The predicted octanol–water partition coefficient (Wildman–Crippen LogP) is 3.74. The maximum atomic E-state index is 12.7.